The monoisotopic (exact) mass is 366 g/mol. The van der Waals surface area contributed by atoms with Crippen LogP contribution in [0.3, 0.4) is 0 Å². The van der Waals surface area contributed by atoms with E-state index in [0.717, 1.165) is 34.4 Å². The summed E-state index contributed by atoms with van der Waals surface area (Å²) in [6, 6.07) is 11.5. The fraction of sp³-hybridized carbons (Fsp3) is 0.429. The zero-order valence-electron chi connectivity index (χ0n) is 15.7. The van der Waals surface area contributed by atoms with E-state index in [-0.39, 0.29) is 0 Å². The van der Waals surface area contributed by atoms with Gasteiger partial charge in [0.05, 0.1) is 11.7 Å². The first-order chi connectivity index (χ1) is 11.8. The van der Waals surface area contributed by atoms with E-state index in [4.69, 9.17) is 4.74 Å². The second-order valence-electron chi connectivity index (χ2n) is 7.44. The van der Waals surface area contributed by atoms with Gasteiger partial charge >= 0.3 is 6.18 Å². The lowest BCUT2D eigenvalue weighted by Gasteiger charge is -2.38. The van der Waals surface area contributed by atoms with Crippen LogP contribution in [0.2, 0.25) is 0 Å². The molecule has 0 heterocycles. The molecule has 2 rings (SSSR count). The molecular weight excluding hydrogens is 341 g/mol. The van der Waals surface area contributed by atoms with Gasteiger partial charge in [-0.05, 0) is 68.7 Å². The summed E-state index contributed by atoms with van der Waals surface area (Å²) < 4.78 is 45.2. The van der Waals surface area contributed by atoms with E-state index in [0.29, 0.717) is 0 Å². The Hall–Kier alpha value is -1.85. The van der Waals surface area contributed by atoms with Crippen molar-refractivity contribution >= 4 is 16.3 Å². The lowest BCUT2D eigenvalue weighted by molar-refractivity contribution is -0.298. The minimum absolute atomic E-state index is 0.732. The van der Waals surface area contributed by atoms with Gasteiger partial charge in [-0.1, -0.05) is 36.4 Å². The number of allylic oxidation sites excluding steroid dienone is 1. The largest absolute Gasteiger partial charge is 0.419 e. The predicted molar refractivity (Wildman–Crippen MR) is 98.9 cm³/mol. The molecule has 2 atom stereocenters. The average molecular weight is 366 g/mol. The summed E-state index contributed by atoms with van der Waals surface area (Å²) in [5.41, 5.74) is -1.52. The Balaban J connectivity index is 2.53. The second kappa shape index (κ2) is 6.71. The highest BCUT2D eigenvalue weighted by Gasteiger charge is 2.55. The summed E-state index contributed by atoms with van der Waals surface area (Å²) >= 11 is 0. The molecule has 0 spiro atoms. The summed E-state index contributed by atoms with van der Waals surface area (Å²) in [6.07, 6.45) is -6.24. The third-order valence-corrected chi connectivity index (χ3v) is 4.84. The highest BCUT2D eigenvalue weighted by molar-refractivity contribution is 5.89. The van der Waals surface area contributed by atoms with E-state index in [9.17, 15) is 18.3 Å². The molecular formula is C21H25F3O2. The van der Waals surface area contributed by atoms with Gasteiger partial charge < -0.3 is 9.84 Å². The van der Waals surface area contributed by atoms with Gasteiger partial charge in [0.2, 0.25) is 0 Å². The molecule has 2 aromatic rings. The summed E-state index contributed by atoms with van der Waals surface area (Å²) in [6.45, 7) is 11.2. The predicted octanol–water partition coefficient (Wildman–Crippen LogP) is 5.83. The summed E-state index contributed by atoms with van der Waals surface area (Å²) in [5.74, 6) is 0. The van der Waals surface area contributed by atoms with Crippen molar-refractivity contribution in [2.75, 3.05) is 0 Å². The molecule has 2 aromatic carbocycles. The molecule has 0 amide bonds. The number of alkyl halides is 3. The molecule has 0 bridgehead atoms. The number of hydrogen-bond acceptors (Lipinski definition) is 2. The van der Waals surface area contributed by atoms with Gasteiger partial charge in [-0.25, -0.2) is 0 Å². The SMILES string of the molecule is C=C(C)c1cc(C(C)(C)OC(C)C(C)(O)C(F)(F)F)c2ccccc2c1. The van der Waals surface area contributed by atoms with Crippen molar-refractivity contribution in [1.82, 2.24) is 0 Å². The van der Waals surface area contributed by atoms with Crippen molar-refractivity contribution in [2.24, 2.45) is 0 Å². The number of halogens is 3. The third kappa shape index (κ3) is 3.79. The topological polar surface area (TPSA) is 29.5 Å². The van der Waals surface area contributed by atoms with Crippen LogP contribution in [0.1, 0.15) is 45.7 Å². The van der Waals surface area contributed by atoms with Crippen molar-refractivity contribution in [2.45, 2.75) is 58.1 Å². The van der Waals surface area contributed by atoms with Crippen LogP contribution in [0, 0.1) is 0 Å². The third-order valence-electron chi connectivity index (χ3n) is 4.84. The zero-order valence-corrected chi connectivity index (χ0v) is 15.7. The fourth-order valence-corrected chi connectivity index (χ4v) is 2.91. The molecule has 0 radical (unpaired) electrons. The Labute approximate surface area is 152 Å². The van der Waals surface area contributed by atoms with Crippen molar-refractivity contribution in [3.05, 3.63) is 54.1 Å². The molecule has 142 valence electrons. The van der Waals surface area contributed by atoms with E-state index in [1.54, 1.807) is 13.8 Å². The maximum atomic E-state index is 13.1. The summed E-state index contributed by atoms with van der Waals surface area (Å²) in [4.78, 5) is 0. The molecule has 0 aliphatic heterocycles. The molecule has 0 saturated heterocycles. The number of aliphatic hydroxyl groups is 1. The Kier molecular flexibility index (Phi) is 5.28. The first-order valence-electron chi connectivity index (χ1n) is 8.43. The van der Waals surface area contributed by atoms with E-state index in [2.05, 4.69) is 6.58 Å². The molecule has 0 aromatic heterocycles. The van der Waals surface area contributed by atoms with Crippen LogP contribution in [0.4, 0.5) is 13.2 Å². The van der Waals surface area contributed by atoms with E-state index < -0.39 is 23.5 Å². The van der Waals surface area contributed by atoms with Gasteiger partial charge in [-0.15, -0.1) is 0 Å². The molecule has 0 aliphatic carbocycles. The van der Waals surface area contributed by atoms with Crippen LogP contribution in [0.5, 0.6) is 0 Å². The van der Waals surface area contributed by atoms with Crippen molar-refractivity contribution < 1.29 is 23.0 Å². The Morgan fingerprint density at radius 1 is 1.12 bits per heavy atom. The van der Waals surface area contributed by atoms with Crippen LogP contribution in [0.15, 0.2) is 43.0 Å². The maximum Gasteiger partial charge on any atom is 0.419 e. The van der Waals surface area contributed by atoms with Gasteiger partial charge in [0.25, 0.3) is 0 Å². The van der Waals surface area contributed by atoms with Gasteiger partial charge in [0, 0.05) is 0 Å². The quantitative estimate of drug-likeness (QED) is 0.722. The average Bonchev–Trinajstić information content (AvgIpc) is 2.52. The molecule has 2 nitrogen and oxygen atoms in total. The molecule has 0 aliphatic rings. The summed E-state index contributed by atoms with van der Waals surface area (Å²) in [7, 11) is 0. The van der Waals surface area contributed by atoms with E-state index in [1.165, 1.54) is 6.92 Å². The minimum atomic E-state index is -4.79. The minimum Gasteiger partial charge on any atom is -0.379 e. The molecule has 26 heavy (non-hydrogen) atoms. The van der Waals surface area contributed by atoms with Gasteiger partial charge in [0.1, 0.15) is 0 Å². The number of hydrogen-bond donors (Lipinski definition) is 1. The Bertz CT molecular complexity index is 820. The van der Waals surface area contributed by atoms with Crippen LogP contribution in [-0.4, -0.2) is 23.0 Å². The van der Waals surface area contributed by atoms with Gasteiger partial charge in [0.15, 0.2) is 5.60 Å². The highest BCUT2D eigenvalue weighted by Crippen LogP contribution is 2.40. The molecule has 0 saturated carbocycles. The van der Waals surface area contributed by atoms with Crippen LogP contribution >= 0.6 is 0 Å². The lowest BCUT2D eigenvalue weighted by atomic mass is 9.88. The number of benzene rings is 2. The van der Waals surface area contributed by atoms with Gasteiger partial charge in [-0.2, -0.15) is 13.2 Å². The maximum absolute atomic E-state index is 13.1. The highest BCUT2D eigenvalue weighted by atomic mass is 19.4. The first kappa shape index (κ1) is 20.5. The van der Waals surface area contributed by atoms with Crippen LogP contribution in [0.25, 0.3) is 16.3 Å². The Morgan fingerprint density at radius 2 is 1.69 bits per heavy atom. The first-order valence-corrected chi connectivity index (χ1v) is 8.43. The van der Waals surface area contributed by atoms with Crippen LogP contribution < -0.4 is 0 Å². The number of fused-ring (bicyclic) bond motifs is 1. The van der Waals surface area contributed by atoms with Gasteiger partial charge in [-0.3, -0.25) is 0 Å². The zero-order chi connectivity index (χ0) is 19.9. The van der Waals surface area contributed by atoms with Crippen molar-refractivity contribution in [1.29, 1.82) is 0 Å². The Morgan fingerprint density at radius 3 is 2.23 bits per heavy atom. The molecule has 0 fully saturated rings. The molecule has 1 N–H and O–H groups in total. The van der Waals surface area contributed by atoms with E-state index in [1.807, 2.05) is 43.3 Å². The number of ether oxygens (including phenoxy) is 1. The molecule has 5 heteroatoms. The normalized spacial score (nSPS) is 16.3. The fourth-order valence-electron chi connectivity index (χ4n) is 2.91. The van der Waals surface area contributed by atoms with Crippen molar-refractivity contribution in [3.63, 3.8) is 0 Å². The molecule has 2 unspecified atom stereocenters. The van der Waals surface area contributed by atoms with Crippen LogP contribution in [-0.2, 0) is 10.3 Å². The second-order valence-corrected chi connectivity index (χ2v) is 7.44. The number of rotatable bonds is 5. The lowest BCUT2D eigenvalue weighted by Crippen LogP contribution is -2.53. The van der Waals surface area contributed by atoms with E-state index >= 15 is 0 Å². The van der Waals surface area contributed by atoms with Crippen molar-refractivity contribution in [3.8, 4) is 0 Å². The summed E-state index contributed by atoms with van der Waals surface area (Å²) in [5, 5.41) is 11.8. The standard InChI is InChI=1S/C21H25F3O2/c1-13(2)16-11-15-9-7-8-10-17(15)18(12-16)19(4,5)26-14(3)20(6,25)21(22,23)24/h7-12,14,25H,1H2,2-6H3. The smallest absolute Gasteiger partial charge is 0.379 e.